The van der Waals surface area contributed by atoms with Crippen molar-refractivity contribution >= 4 is 5.91 Å². The quantitative estimate of drug-likeness (QED) is 0.559. The molecule has 0 aliphatic heterocycles. The lowest BCUT2D eigenvalue weighted by Gasteiger charge is -2.23. The number of quaternary nitrogens is 1. The molecule has 3 aromatic rings. The van der Waals surface area contributed by atoms with Crippen LogP contribution in [0.3, 0.4) is 0 Å². The van der Waals surface area contributed by atoms with Crippen LogP contribution in [0.15, 0.2) is 78.9 Å². The van der Waals surface area contributed by atoms with E-state index in [0.29, 0.717) is 24.7 Å². The molecule has 5 heteroatoms. The number of carbonyl (C=O) groups excluding carboxylic acids is 1. The maximum absolute atomic E-state index is 14.2. The van der Waals surface area contributed by atoms with Crippen LogP contribution in [0.25, 0.3) is 0 Å². The number of hydrogen-bond donors (Lipinski definition) is 2. The summed E-state index contributed by atoms with van der Waals surface area (Å²) in [5.74, 6) is 0.528. The van der Waals surface area contributed by atoms with Crippen molar-refractivity contribution < 1.29 is 18.8 Å². The van der Waals surface area contributed by atoms with Crippen molar-refractivity contribution in [3.63, 3.8) is 0 Å². The van der Waals surface area contributed by atoms with Crippen LogP contribution in [-0.4, -0.2) is 25.6 Å². The van der Waals surface area contributed by atoms with Gasteiger partial charge in [-0.15, -0.1) is 0 Å². The normalized spacial score (nSPS) is 15.2. The summed E-state index contributed by atoms with van der Waals surface area (Å²) in [4.78, 5) is 14.2. The average Bonchev–Trinajstić information content (AvgIpc) is 3.65. The molecule has 4 nitrogen and oxygen atoms in total. The smallest absolute Gasteiger partial charge is 0.275 e. The molecule has 0 bridgehead atoms. The second-order valence-corrected chi connectivity index (χ2v) is 8.06. The maximum atomic E-state index is 14.2. The largest absolute Gasteiger partial charge is 0.497 e. The first-order valence-electron chi connectivity index (χ1n) is 10.7. The third-order valence-electron chi connectivity index (χ3n) is 5.81. The van der Waals surface area contributed by atoms with Crippen LogP contribution in [-0.2, 0) is 11.3 Å². The number of methoxy groups -OCH3 is 1. The SMILES string of the molecule is COc1ccc([C@H](NC(=O)C[NH+](Cc2ccccc2F)C2CC2)c2ccccc2)cc1. The molecule has 1 unspecified atom stereocenters. The molecule has 1 saturated carbocycles. The van der Waals surface area contributed by atoms with Crippen LogP contribution in [0.5, 0.6) is 5.75 Å². The lowest BCUT2D eigenvalue weighted by molar-refractivity contribution is -0.917. The Morgan fingerprint density at radius 2 is 1.65 bits per heavy atom. The zero-order chi connectivity index (χ0) is 21.6. The molecular weight excluding hydrogens is 391 g/mol. The number of hydrogen-bond acceptors (Lipinski definition) is 2. The summed E-state index contributed by atoms with van der Waals surface area (Å²) in [6.45, 7) is 0.835. The van der Waals surface area contributed by atoms with Gasteiger partial charge in [-0.1, -0.05) is 60.7 Å². The van der Waals surface area contributed by atoms with Crippen molar-refractivity contribution in [3.05, 3.63) is 101 Å². The van der Waals surface area contributed by atoms with E-state index in [0.717, 1.165) is 34.6 Å². The number of nitrogens with one attached hydrogen (secondary N) is 2. The molecule has 0 spiro atoms. The molecular formula is C26H28FN2O2+. The Labute approximate surface area is 182 Å². The second-order valence-electron chi connectivity index (χ2n) is 8.06. The topological polar surface area (TPSA) is 42.8 Å². The zero-order valence-corrected chi connectivity index (χ0v) is 17.7. The maximum Gasteiger partial charge on any atom is 0.275 e. The molecule has 31 heavy (non-hydrogen) atoms. The van der Waals surface area contributed by atoms with Crippen molar-refractivity contribution in [1.82, 2.24) is 5.32 Å². The summed E-state index contributed by atoms with van der Waals surface area (Å²) >= 11 is 0. The molecule has 1 aliphatic rings. The molecule has 0 aromatic heterocycles. The Kier molecular flexibility index (Phi) is 6.63. The number of amides is 1. The summed E-state index contributed by atoms with van der Waals surface area (Å²) in [5, 5.41) is 3.21. The van der Waals surface area contributed by atoms with E-state index in [1.54, 1.807) is 19.2 Å². The first-order chi connectivity index (χ1) is 15.1. The number of carbonyl (C=O) groups is 1. The van der Waals surface area contributed by atoms with Gasteiger partial charge in [0, 0.05) is 18.4 Å². The van der Waals surface area contributed by atoms with Gasteiger partial charge in [-0.3, -0.25) is 4.79 Å². The lowest BCUT2D eigenvalue weighted by atomic mass is 9.98. The predicted octanol–water partition coefficient (Wildman–Crippen LogP) is 3.29. The van der Waals surface area contributed by atoms with E-state index in [4.69, 9.17) is 4.74 Å². The molecule has 4 rings (SSSR count). The fourth-order valence-corrected chi connectivity index (χ4v) is 3.95. The van der Waals surface area contributed by atoms with Crippen LogP contribution in [0.1, 0.15) is 35.6 Å². The Morgan fingerprint density at radius 1 is 1.00 bits per heavy atom. The first kappa shape index (κ1) is 21.1. The molecule has 2 atom stereocenters. The predicted molar refractivity (Wildman–Crippen MR) is 118 cm³/mol. The molecule has 0 heterocycles. The van der Waals surface area contributed by atoms with Crippen LogP contribution in [0, 0.1) is 5.82 Å². The van der Waals surface area contributed by atoms with Gasteiger partial charge in [-0.25, -0.2) is 4.39 Å². The minimum absolute atomic E-state index is 0.0390. The van der Waals surface area contributed by atoms with Gasteiger partial charge in [0.25, 0.3) is 5.91 Å². The van der Waals surface area contributed by atoms with E-state index in [2.05, 4.69) is 5.32 Å². The van der Waals surface area contributed by atoms with E-state index in [1.807, 2.05) is 60.7 Å². The minimum atomic E-state index is -0.256. The summed E-state index contributed by atoms with van der Waals surface area (Å²) < 4.78 is 19.4. The van der Waals surface area contributed by atoms with Crippen molar-refractivity contribution in [2.24, 2.45) is 0 Å². The molecule has 160 valence electrons. The van der Waals surface area contributed by atoms with Gasteiger partial charge < -0.3 is 15.0 Å². The summed E-state index contributed by atoms with van der Waals surface area (Å²) in [6, 6.07) is 24.7. The van der Waals surface area contributed by atoms with Gasteiger partial charge in [0.1, 0.15) is 18.1 Å². The molecule has 2 N–H and O–H groups in total. The van der Waals surface area contributed by atoms with Gasteiger partial charge in [0.15, 0.2) is 6.54 Å². The fourth-order valence-electron chi connectivity index (χ4n) is 3.95. The van der Waals surface area contributed by atoms with Crippen LogP contribution < -0.4 is 15.0 Å². The molecule has 1 fully saturated rings. The second kappa shape index (κ2) is 9.75. The monoisotopic (exact) mass is 419 g/mol. The van der Waals surface area contributed by atoms with Gasteiger partial charge in [0.05, 0.1) is 19.2 Å². The van der Waals surface area contributed by atoms with Crippen molar-refractivity contribution in [2.45, 2.75) is 31.5 Å². The van der Waals surface area contributed by atoms with E-state index >= 15 is 0 Å². The van der Waals surface area contributed by atoms with Gasteiger partial charge >= 0.3 is 0 Å². The highest BCUT2D eigenvalue weighted by molar-refractivity contribution is 5.78. The standard InChI is InChI=1S/C26H27FN2O2/c1-31-23-15-11-20(12-16-23)26(19-7-3-2-4-8-19)28-25(30)18-29(22-13-14-22)17-21-9-5-6-10-24(21)27/h2-12,15-16,22,26H,13-14,17-18H2,1H3,(H,28,30)/p+1/t26-/m1/s1. The van der Waals surface area contributed by atoms with Gasteiger partial charge in [-0.2, -0.15) is 0 Å². The van der Waals surface area contributed by atoms with Crippen molar-refractivity contribution in [2.75, 3.05) is 13.7 Å². The lowest BCUT2D eigenvalue weighted by Crippen LogP contribution is -3.13. The van der Waals surface area contributed by atoms with E-state index in [1.165, 1.54) is 6.07 Å². The van der Waals surface area contributed by atoms with E-state index < -0.39 is 0 Å². The van der Waals surface area contributed by atoms with Crippen molar-refractivity contribution in [1.29, 1.82) is 0 Å². The fraction of sp³-hybridized carbons (Fsp3) is 0.269. The third kappa shape index (κ3) is 5.50. The zero-order valence-electron chi connectivity index (χ0n) is 17.7. The third-order valence-corrected chi connectivity index (χ3v) is 5.81. The molecule has 3 aromatic carbocycles. The highest BCUT2D eigenvalue weighted by Gasteiger charge is 2.35. The highest BCUT2D eigenvalue weighted by Crippen LogP contribution is 2.24. The van der Waals surface area contributed by atoms with Gasteiger partial charge in [-0.05, 0) is 29.3 Å². The Morgan fingerprint density at radius 3 is 2.29 bits per heavy atom. The summed E-state index contributed by atoms with van der Waals surface area (Å²) in [6.07, 6.45) is 2.16. The molecule has 1 amide bonds. The van der Waals surface area contributed by atoms with E-state index in [-0.39, 0.29) is 17.8 Å². The Hall–Kier alpha value is -3.18. The van der Waals surface area contributed by atoms with Crippen LogP contribution in [0.4, 0.5) is 4.39 Å². The first-order valence-corrected chi connectivity index (χ1v) is 10.7. The Bertz CT molecular complexity index is 1000. The number of halogens is 1. The summed E-state index contributed by atoms with van der Waals surface area (Å²) in [5.41, 5.74) is 2.66. The van der Waals surface area contributed by atoms with Crippen LogP contribution in [0.2, 0.25) is 0 Å². The number of rotatable bonds is 9. The Balaban J connectivity index is 1.50. The van der Waals surface area contributed by atoms with Gasteiger partial charge in [0.2, 0.25) is 0 Å². The summed E-state index contributed by atoms with van der Waals surface area (Å²) in [7, 11) is 1.64. The molecule has 0 saturated heterocycles. The molecule has 0 radical (unpaired) electrons. The average molecular weight is 420 g/mol. The minimum Gasteiger partial charge on any atom is -0.497 e. The number of benzene rings is 3. The van der Waals surface area contributed by atoms with E-state index in [9.17, 15) is 9.18 Å². The molecule has 1 aliphatic carbocycles. The van der Waals surface area contributed by atoms with Crippen LogP contribution >= 0.6 is 0 Å². The number of ether oxygens (including phenoxy) is 1. The highest BCUT2D eigenvalue weighted by atomic mass is 19.1. The van der Waals surface area contributed by atoms with Crippen molar-refractivity contribution in [3.8, 4) is 5.75 Å².